The molecule has 3 rings (SSSR count). The van der Waals surface area contributed by atoms with Gasteiger partial charge in [0.05, 0.1) is 24.4 Å². The van der Waals surface area contributed by atoms with Gasteiger partial charge in [0.25, 0.3) is 5.56 Å². The van der Waals surface area contributed by atoms with Crippen molar-refractivity contribution in [3.8, 4) is 11.5 Å². The largest absolute Gasteiger partial charge is 0.493 e. The molecular weight excluding hydrogens is 376 g/mol. The molecule has 2 heterocycles. The van der Waals surface area contributed by atoms with E-state index in [9.17, 15) is 4.79 Å². The van der Waals surface area contributed by atoms with Gasteiger partial charge in [-0.25, -0.2) is 4.98 Å². The molecule has 3 aromatic rings. The maximum Gasteiger partial charge on any atom is 0.258 e. The van der Waals surface area contributed by atoms with Crippen molar-refractivity contribution in [2.45, 2.75) is 26.7 Å². The SMILES string of the molecule is CCCCOc1cc(/C=C(\Cl)c2cc(=O)n3c(C)cccc3n2)ccc1OC. The van der Waals surface area contributed by atoms with E-state index in [-0.39, 0.29) is 5.56 Å². The highest BCUT2D eigenvalue weighted by atomic mass is 35.5. The Bertz CT molecular complexity index is 1070. The second-order valence-corrected chi connectivity index (χ2v) is 6.85. The molecule has 0 amide bonds. The highest BCUT2D eigenvalue weighted by Gasteiger charge is 2.09. The van der Waals surface area contributed by atoms with Gasteiger partial charge in [-0.2, -0.15) is 0 Å². The molecule has 0 fully saturated rings. The van der Waals surface area contributed by atoms with Crippen LogP contribution in [0.25, 0.3) is 16.8 Å². The molecule has 0 unspecified atom stereocenters. The minimum atomic E-state index is -0.164. The summed E-state index contributed by atoms with van der Waals surface area (Å²) >= 11 is 6.48. The van der Waals surface area contributed by atoms with Crippen molar-refractivity contribution in [2.24, 2.45) is 0 Å². The molecule has 0 saturated heterocycles. The predicted octanol–water partition coefficient (Wildman–Crippen LogP) is 4.93. The van der Waals surface area contributed by atoms with Crippen LogP contribution >= 0.6 is 11.6 Å². The van der Waals surface area contributed by atoms with Crippen LogP contribution < -0.4 is 15.0 Å². The first-order valence-corrected chi connectivity index (χ1v) is 9.59. The summed E-state index contributed by atoms with van der Waals surface area (Å²) in [6.45, 7) is 4.60. The first-order valence-electron chi connectivity index (χ1n) is 9.21. The third kappa shape index (κ3) is 4.37. The van der Waals surface area contributed by atoms with E-state index in [0.717, 1.165) is 24.1 Å². The Hall–Kier alpha value is -2.79. The summed E-state index contributed by atoms with van der Waals surface area (Å²) in [4.78, 5) is 17.0. The molecule has 0 saturated carbocycles. The standard InChI is InChI=1S/C22H23ClN2O3/c1-4-5-11-28-20-13-16(9-10-19(20)27-3)12-17(23)18-14-22(26)25-15(2)7-6-8-21(25)24-18/h6-10,12-14H,4-5,11H2,1-3H3/b17-12-. The summed E-state index contributed by atoms with van der Waals surface area (Å²) in [5.41, 5.74) is 2.49. The number of aromatic nitrogens is 2. The Morgan fingerprint density at radius 2 is 2.04 bits per heavy atom. The average molecular weight is 399 g/mol. The lowest BCUT2D eigenvalue weighted by Crippen LogP contribution is -2.17. The van der Waals surface area contributed by atoms with E-state index in [4.69, 9.17) is 21.1 Å². The molecule has 146 valence electrons. The number of aryl methyl sites for hydroxylation is 1. The van der Waals surface area contributed by atoms with E-state index in [1.54, 1.807) is 23.7 Å². The van der Waals surface area contributed by atoms with E-state index >= 15 is 0 Å². The lowest BCUT2D eigenvalue weighted by Gasteiger charge is -2.11. The fourth-order valence-corrected chi connectivity index (χ4v) is 3.10. The van der Waals surface area contributed by atoms with Crippen LogP contribution in [0.1, 0.15) is 36.7 Å². The van der Waals surface area contributed by atoms with Crippen molar-refractivity contribution in [3.05, 3.63) is 69.8 Å². The number of halogens is 1. The Kier molecular flexibility index (Phi) is 6.37. The van der Waals surface area contributed by atoms with Crippen LogP contribution in [0.2, 0.25) is 0 Å². The van der Waals surface area contributed by atoms with Crippen LogP contribution in [0.5, 0.6) is 11.5 Å². The second kappa shape index (κ2) is 8.93. The first kappa shape index (κ1) is 20.0. The normalized spacial score (nSPS) is 11.6. The number of ether oxygens (including phenoxy) is 2. The van der Waals surface area contributed by atoms with Crippen LogP contribution in [-0.2, 0) is 0 Å². The molecule has 0 atom stereocenters. The Morgan fingerprint density at radius 1 is 1.21 bits per heavy atom. The van der Waals surface area contributed by atoms with Crippen molar-refractivity contribution in [1.82, 2.24) is 9.38 Å². The summed E-state index contributed by atoms with van der Waals surface area (Å²) in [5, 5.41) is 0.380. The number of hydrogen-bond donors (Lipinski definition) is 0. The Morgan fingerprint density at radius 3 is 2.79 bits per heavy atom. The fourth-order valence-electron chi connectivity index (χ4n) is 2.88. The van der Waals surface area contributed by atoms with E-state index in [1.165, 1.54) is 6.07 Å². The van der Waals surface area contributed by atoms with Gasteiger partial charge in [0.15, 0.2) is 11.5 Å². The molecule has 5 nitrogen and oxygen atoms in total. The third-order valence-corrected chi connectivity index (χ3v) is 4.66. The average Bonchev–Trinajstić information content (AvgIpc) is 2.68. The van der Waals surface area contributed by atoms with Crippen LogP contribution in [0, 0.1) is 6.92 Å². The Labute approximate surface area is 169 Å². The quantitative estimate of drug-likeness (QED) is 0.529. The van der Waals surface area contributed by atoms with Gasteiger partial charge >= 0.3 is 0 Å². The number of methoxy groups -OCH3 is 1. The van der Waals surface area contributed by atoms with Gasteiger partial charge in [0.1, 0.15) is 5.65 Å². The Balaban J connectivity index is 1.96. The van der Waals surface area contributed by atoms with Crippen LogP contribution in [-0.4, -0.2) is 23.1 Å². The van der Waals surface area contributed by atoms with Gasteiger partial charge in [-0.05, 0) is 49.2 Å². The number of hydrogen-bond acceptors (Lipinski definition) is 4. The monoisotopic (exact) mass is 398 g/mol. The maximum atomic E-state index is 12.5. The number of rotatable bonds is 7. The van der Waals surface area contributed by atoms with Crippen molar-refractivity contribution < 1.29 is 9.47 Å². The van der Waals surface area contributed by atoms with Gasteiger partial charge in [-0.15, -0.1) is 0 Å². The van der Waals surface area contributed by atoms with E-state index in [1.807, 2.05) is 37.3 Å². The number of fused-ring (bicyclic) bond motifs is 1. The van der Waals surface area contributed by atoms with Gasteiger partial charge in [0, 0.05) is 11.8 Å². The molecule has 0 radical (unpaired) electrons. The highest BCUT2D eigenvalue weighted by molar-refractivity contribution is 6.51. The molecule has 0 bridgehead atoms. The minimum Gasteiger partial charge on any atom is -0.493 e. The number of pyridine rings is 1. The molecule has 0 aliphatic rings. The molecule has 1 aromatic carbocycles. The van der Waals surface area contributed by atoms with Crippen LogP contribution in [0.15, 0.2) is 47.3 Å². The number of benzene rings is 1. The second-order valence-electron chi connectivity index (χ2n) is 6.44. The molecule has 0 aliphatic heterocycles. The summed E-state index contributed by atoms with van der Waals surface area (Å²) in [6, 6.07) is 12.5. The van der Waals surface area contributed by atoms with E-state index in [0.29, 0.717) is 34.5 Å². The van der Waals surface area contributed by atoms with Crippen molar-refractivity contribution in [1.29, 1.82) is 0 Å². The zero-order valence-electron chi connectivity index (χ0n) is 16.2. The van der Waals surface area contributed by atoms with Crippen molar-refractivity contribution in [3.63, 3.8) is 0 Å². The van der Waals surface area contributed by atoms with Gasteiger partial charge in [-0.1, -0.05) is 37.1 Å². The smallest absolute Gasteiger partial charge is 0.258 e. The van der Waals surface area contributed by atoms with Crippen molar-refractivity contribution >= 4 is 28.4 Å². The molecule has 2 aromatic heterocycles. The molecule has 0 spiro atoms. The topological polar surface area (TPSA) is 52.8 Å². The van der Waals surface area contributed by atoms with E-state index < -0.39 is 0 Å². The van der Waals surface area contributed by atoms with Crippen molar-refractivity contribution in [2.75, 3.05) is 13.7 Å². The lowest BCUT2D eigenvalue weighted by atomic mass is 10.1. The van der Waals surface area contributed by atoms with Gasteiger partial charge < -0.3 is 9.47 Å². The van der Waals surface area contributed by atoms with Crippen LogP contribution in [0.3, 0.4) is 0 Å². The zero-order valence-corrected chi connectivity index (χ0v) is 17.0. The highest BCUT2D eigenvalue weighted by Crippen LogP contribution is 2.30. The first-order chi connectivity index (χ1) is 13.5. The summed E-state index contributed by atoms with van der Waals surface area (Å²) in [7, 11) is 1.61. The van der Waals surface area contributed by atoms with E-state index in [2.05, 4.69) is 11.9 Å². The number of nitrogens with zero attached hydrogens (tertiary/aromatic N) is 2. The minimum absolute atomic E-state index is 0.164. The molecule has 6 heteroatoms. The summed E-state index contributed by atoms with van der Waals surface area (Å²) < 4.78 is 12.7. The zero-order chi connectivity index (χ0) is 20.1. The summed E-state index contributed by atoms with van der Waals surface area (Å²) in [6.07, 6.45) is 3.78. The fraction of sp³-hybridized carbons (Fsp3) is 0.273. The lowest BCUT2D eigenvalue weighted by molar-refractivity contribution is 0.288. The molecule has 28 heavy (non-hydrogen) atoms. The third-order valence-electron chi connectivity index (χ3n) is 4.36. The molecule has 0 aliphatic carbocycles. The van der Waals surface area contributed by atoms with Crippen LogP contribution in [0.4, 0.5) is 0 Å². The predicted molar refractivity (Wildman–Crippen MR) is 113 cm³/mol. The number of unbranched alkanes of at least 4 members (excludes halogenated alkanes) is 1. The van der Waals surface area contributed by atoms with Gasteiger partial charge in [0.2, 0.25) is 0 Å². The molecule has 0 N–H and O–H groups in total. The summed E-state index contributed by atoms with van der Waals surface area (Å²) in [5.74, 6) is 1.33. The molecular formula is C22H23ClN2O3. The van der Waals surface area contributed by atoms with Gasteiger partial charge in [-0.3, -0.25) is 9.20 Å². The maximum absolute atomic E-state index is 12.5.